The monoisotopic (exact) mass is 260 g/mol. The summed E-state index contributed by atoms with van der Waals surface area (Å²) in [6.45, 7) is 2.21. The van der Waals surface area contributed by atoms with Gasteiger partial charge in [0.25, 0.3) is 0 Å². The number of hydrogen-bond donors (Lipinski definition) is 1. The first-order valence-electron chi connectivity index (χ1n) is 7.24. The summed E-state index contributed by atoms with van der Waals surface area (Å²) in [6, 6.07) is 9.34. The lowest BCUT2D eigenvalue weighted by Gasteiger charge is -2.03. The van der Waals surface area contributed by atoms with Gasteiger partial charge in [-0.15, -0.1) is 0 Å². The molecular formula is C17H24O2. The van der Waals surface area contributed by atoms with Crippen molar-refractivity contribution in [2.75, 3.05) is 0 Å². The molecule has 0 aliphatic carbocycles. The Morgan fingerprint density at radius 1 is 1.05 bits per heavy atom. The van der Waals surface area contributed by atoms with Gasteiger partial charge < -0.3 is 5.11 Å². The zero-order chi connectivity index (χ0) is 13.9. The predicted molar refractivity (Wildman–Crippen MR) is 80.0 cm³/mol. The van der Waals surface area contributed by atoms with Crippen LogP contribution in [-0.4, -0.2) is 11.1 Å². The van der Waals surface area contributed by atoms with Crippen molar-refractivity contribution in [1.82, 2.24) is 0 Å². The van der Waals surface area contributed by atoms with E-state index in [4.69, 9.17) is 0 Å². The van der Waals surface area contributed by atoms with Gasteiger partial charge in [-0.3, -0.25) is 0 Å². The molecule has 1 N–H and O–H groups in total. The Balaban J connectivity index is 2.41. The summed E-state index contributed by atoms with van der Waals surface area (Å²) >= 11 is 0. The quantitative estimate of drug-likeness (QED) is 0.506. The number of carboxylic acids is 1. The summed E-state index contributed by atoms with van der Waals surface area (Å²) < 4.78 is 0. The molecule has 1 aromatic carbocycles. The van der Waals surface area contributed by atoms with Gasteiger partial charge in [-0.05, 0) is 18.4 Å². The van der Waals surface area contributed by atoms with Gasteiger partial charge in [0.05, 0.1) is 5.57 Å². The minimum Gasteiger partial charge on any atom is -0.478 e. The fourth-order valence-electron chi connectivity index (χ4n) is 2.12. The molecule has 1 rings (SSSR count). The van der Waals surface area contributed by atoms with E-state index in [0.717, 1.165) is 18.4 Å². The predicted octanol–water partition coefficient (Wildman–Crippen LogP) is 4.91. The van der Waals surface area contributed by atoms with Crippen LogP contribution in [0.15, 0.2) is 36.4 Å². The van der Waals surface area contributed by atoms with Gasteiger partial charge in [-0.2, -0.15) is 0 Å². The Labute approximate surface area is 116 Å². The average Bonchev–Trinajstić information content (AvgIpc) is 2.42. The highest BCUT2D eigenvalue weighted by molar-refractivity contribution is 6.15. The normalized spacial score (nSPS) is 11.5. The third-order valence-corrected chi connectivity index (χ3v) is 3.22. The number of unbranched alkanes of at least 4 members (excludes halogenated alkanes) is 6. The van der Waals surface area contributed by atoms with Crippen LogP contribution in [0.3, 0.4) is 0 Å². The number of hydrogen-bond acceptors (Lipinski definition) is 1. The van der Waals surface area contributed by atoms with Crippen LogP contribution in [0.5, 0.6) is 0 Å². The van der Waals surface area contributed by atoms with Crippen molar-refractivity contribution in [1.29, 1.82) is 0 Å². The van der Waals surface area contributed by atoms with E-state index in [1.165, 1.54) is 32.1 Å². The smallest absolute Gasteiger partial charge is 0.335 e. The van der Waals surface area contributed by atoms with E-state index in [-0.39, 0.29) is 0 Å². The first kappa shape index (κ1) is 15.5. The molecule has 0 aliphatic heterocycles. The standard InChI is InChI=1S/C17H24O2/c1-2-3-4-5-6-7-11-14-16(17(18)19)15-12-9-8-10-13-15/h8-10,12-14H,2-7,11H2,1H3,(H,18,19)/b16-14-. The topological polar surface area (TPSA) is 37.3 Å². The number of rotatable bonds is 9. The molecule has 0 heterocycles. The zero-order valence-electron chi connectivity index (χ0n) is 11.8. The fourth-order valence-corrected chi connectivity index (χ4v) is 2.12. The van der Waals surface area contributed by atoms with Crippen LogP contribution in [0, 0.1) is 0 Å². The maximum absolute atomic E-state index is 11.2. The molecule has 0 unspecified atom stereocenters. The van der Waals surface area contributed by atoms with Crippen molar-refractivity contribution < 1.29 is 9.90 Å². The first-order chi connectivity index (χ1) is 9.25. The van der Waals surface area contributed by atoms with E-state index < -0.39 is 5.97 Å². The molecule has 0 atom stereocenters. The highest BCUT2D eigenvalue weighted by Crippen LogP contribution is 2.16. The average molecular weight is 260 g/mol. The molecule has 0 aliphatic rings. The van der Waals surface area contributed by atoms with Gasteiger partial charge in [0.2, 0.25) is 0 Å². The summed E-state index contributed by atoms with van der Waals surface area (Å²) in [6.07, 6.45) is 10.1. The van der Waals surface area contributed by atoms with Crippen molar-refractivity contribution in [3.05, 3.63) is 42.0 Å². The van der Waals surface area contributed by atoms with Crippen LogP contribution in [0.4, 0.5) is 0 Å². The Morgan fingerprint density at radius 3 is 2.32 bits per heavy atom. The van der Waals surface area contributed by atoms with E-state index in [2.05, 4.69) is 6.92 Å². The summed E-state index contributed by atoms with van der Waals surface area (Å²) in [4.78, 5) is 11.2. The maximum atomic E-state index is 11.2. The lowest BCUT2D eigenvalue weighted by molar-refractivity contribution is -0.130. The fraction of sp³-hybridized carbons (Fsp3) is 0.471. The van der Waals surface area contributed by atoms with Gasteiger partial charge in [-0.25, -0.2) is 4.79 Å². The Bertz CT molecular complexity index is 393. The number of benzene rings is 1. The highest BCUT2D eigenvalue weighted by Gasteiger charge is 2.08. The van der Waals surface area contributed by atoms with Gasteiger partial charge in [0, 0.05) is 0 Å². The number of carbonyl (C=O) groups is 1. The lowest BCUT2D eigenvalue weighted by Crippen LogP contribution is -1.99. The van der Waals surface area contributed by atoms with Crippen LogP contribution >= 0.6 is 0 Å². The van der Waals surface area contributed by atoms with Crippen LogP contribution in [-0.2, 0) is 4.79 Å². The summed E-state index contributed by atoms with van der Waals surface area (Å²) in [5.41, 5.74) is 1.22. The molecule has 0 saturated carbocycles. The number of aliphatic carboxylic acids is 1. The van der Waals surface area contributed by atoms with Crippen LogP contribution in [0.25, 0.3) is 5.57 Å². The second-order valence-electron chi connectivity index (χ2n) is 4.85. The summed E-state index contributed by atoms with van der Waals surface area (Å²) in [5, 5.41) is 9.23. The van der Waals surface area contributed by atoms with E-state index in [1.807, 2.05) is 36.4 Å². The molecule has 0 aromatic heterocycles. The van der Waals surface area contributed by atoms with Crippen molar-refractivity contribution >= 4 is 11.5 Å². The molecule has 0 fully saturated rings. The molecular weight excluding hydrogens is 236 g/mol. The van der Waals surface area contributed by atoms with Crippen molar-refractivity contribution in [2.45, 2.75) is 51.9 Å². The molecule has 2 nitrogen and oxygen atoms in total. The second kappa shape index (κ2) is 9.37. The molecule has 0 amide bonds. The molecule has 19 heavy (non-hydrogen) atoms. The lowest BCUT2D eigenvalue weighted by atomic mass is 10.0. The SMILES string of the molecule is CCCCCCCC/C=C(\C(=O)O)c1ccccc1. The van der Waals surface area contributed by atoms with Crippen molar-refractivity contribution in [3.63, 3.8) is 0 Å². The molecule has 0 radical (unpaired) electrons. The highest BCUT2D eigenvalue weighted by atomic mass is 16.4. The van der Waals surface area contributed by atoms with E-state index in [0.29, 0.717) is 5.57 Å². The first-order valence-corrected chi connectivity index (χ1v) is 7.24. The van der Waals surface area contributed by atoms with E-state index in [1.54, 1.807) is 0 Å². The minimum absolute atomic E-state index is 0.425. The minimum atomic E-state index is -0.836. The van der Waals surface area contributed by atoms with Crippen LogP contribution in [0.2, 0.25) is 0 Å². The Morgan fingerprint density at radius 2 is 1.68 bits per heavy atom. The number of allylic oxidation sites excluding steroid dienone is 1. The third-order valence-electron chi connectivity index (χ3n) is 3.22. The van der Waals surface area contributed by atoms with Crippen LogP contribution in [0.1, 0.15) is 57.4 Å². The third kappa shape index (κ3) is 6.23. The second-order valence-corrected chi connectivity index (χ2v) is 4.85. The molecule has 2 heteroatoms. The van der Waals surface area contributed by atoms with Gasteiger partial charge in [-0.1, -0.05) is 75.4 Å². The number of carboxylic acid groups (broad SMARTS) is 1. The van der Waals surface area contributed by atoms with Gasteiger partial charge in [0.15, 0.2) is 0 Å². The molecule has 0 spiro atoms. The van der Waals surface area contributed by atoms with Crippen LogP contribution < -0.4 is 0 Å². The van der Waals surface area contributed by atoms with E-state index in [9.17, 15) is 9.90 Å². The summed E-state index contributed by atoms with van der Waals surface area (Å²) in [5.74, 6) is -0.836. The molecule has 0 bridgehead atoms. The Hall–Kier alpha value is -1.57. The van der Waals surface area contributed by atoms with Gasteiger partial charge >= 0.3 is 5.97 Å². The molecule has 0 saturated heterocycles. The molecule has 1 aromatic rings. The van der Waals surface area contributed by atoms with Crippen molar-refractivity contribution in [3.8, 4) is 0 Å². The summed E-state index contributed by atoms with van der Waals surface area (Å²) in [7, 11) is 0. The van der Waals surface area contributed by atoms with Gasteiger partial charge in [0.1, 0.15) is 0 Å². The Kier molecular flexibility index (Phi) is 7.64. The zero-order valence-corrected chi connectivity index (χ0v) is 11.8. The molecule has 104 valence electrons. The maximum Gasteiger partial charge on any atom is 0.335 e. The largest absolute Gasteiger partial charge is 0.478 e. The van der Waals surface area contributed by atoms with E-state index >= 15 is 0 Å². The van der Waals surface area contributed by atoms with Crippen molar-refractivity contribution in [2.24, 2.45) is 0 Å².